The Bertz CT molecular complexity index is 422. The minimum absolute atomic E-state index is 0.581. The van der Waals surface area contributed by atoms with Crippen molar-refractivity contribution in [2.75, 3.05) is 6.54 Å². The molecule has 0 saturated carbocycles. The topological polar surface area (TPSA) is 24.9 Å². The van der Waals surface area contributed by atoms with Crippen LogP contribution in [0.4, 0.5) is 0 Å². The first-order chi connectivity index (χ1) is 7.84. The third-order valence-corrected chi connectivity index (χ3v) is 3.80. The minimum atomic E-state index is 0.581. The van der Waals surface area contributed by atoms with Gasteiger partial charge >= 0.3 is 0 Å². The Balaban J connectivity index is 1.96. The van der Waals surface area contributed by atoms with Gasteiger partial charge < -0.3 is 5.32 Å². The number of nitrogens with one attached hydrogen (secondary N) is 1. The molecule has 0 amide bonds. The van der Waals surface area contributed by atoms with Crippen molar-refractivity contribution >= 4 is 5.57 Å². The Morgan fingerprint density at radius 2 is 2.25 bits per heavy atom. The van der Waals surface area contributed by atoms with E-state index >= 15 is 0 Å². The molecule has 2 heterocycles. The number of hydrogen-bond acceptors (Lipinski definition) is 2. The highest BCUT2D eigenvalue weighted by atomic mass is 15.0. The van der Waals surface area contributed by atoms with Crippen molar-refractivity contribution in [1.82, 2.24) is 10.3 Å². The van der Waals surface area contributed by atoms with Gasteiger partial charge in [0, 0.05) is 18.4 Å². The van der Waals surface area contributed by atoms with Crippen LogP contribution in [0.3, 0.4) is 0 Å². The number of aromatic nitrogens is 1. The predicted molar refractivity (Wildman–Crippen MR) is 66.1 cm³/mol. The fourth-order valence-corrected chi connectivity index (χ4v) is 3.02. The fraction of sp³-hybridized carbons (Fsp3) is 0.500. The monoisotopic (exact) mass is 214 g/mol. The van der Waals surface area contributed by atoms with E-state index in [0.717, 1.165) is 5.92 Å². The highest BCUT2D eigenvalue weighted by molar-refractivity contribution is 5.70. The van der Waals surface area contributed by atoms with Crippen LogP contribution >= 0.6 is 0 Å². The summed E-state index contributed by atoms with van der Waals surface area (Å²) in [6.07, 6.45) is 10.2. The zero-order valence-corrected chi connectivity index (χ0v) is 9.74. The van der Waals surface area contributed by atoms with E-state index in [0.29, 0.717) is 6.04 Å². The smallest absolute Gasteiger partial charge is 0.0352 e. The SMILES string of the molecule is Cc1cncc(C2=CCCC3CCNC23)c1. The molecule has 0 aromatic carbocycles. The summed E-state index contributed by atoms with van der Waals surface area (Å²) in [6, 6.07) is 2.83. The molecule has 16 heavy (non-hydrogen) atoms. The molecule has 1 fully saturated rings. The van der Waals surface area contributed by atoms with Crippen molar-refractivity contribution in [2.45, 2.75) is 32.2 Å². The van der Waals surface area contributed by atoms with Crippen molar-refractivity contribution in [3.05, 3.63) is 35.7 Å². The molecule has 2 heteroatoms. The molecular weight excluding hydrogens is 196 g/mol. The Kier molecular flexibility index (Phi) is 2.52. The lowest BCUT2D eigenvalue weighted by molar-refractivity contribution is 0.470. The quantitative estimate of drug-likeness (QED) is 0.777. The average molecular weight is 214 g/mol. The second-order valence-corrected chi connectivity index (χ2v) is 4.97. The molecule has 1 aromatic rings. The zero-order valence-electron chi connectivity index (χ0n) is 9.74. The lowest BCUT2D eigenvalue weighted by atomic mass is 9.82. The fourth-order valence-electron chi connectivity index (χ4n) is 3.02. The summed E-state index contributed by atoms with van der Waals surface area (Å²) in [5.41, 5.74) is 4.03. The van der Waals surface area contributed by atoms with Crippen LogP contribution in [-0.2, 0) is 0 Å². The number of hydrogen-bond donors (Lipinski definition) is 1. The molecule has 1 aliphatic heterocycles. The van der Waals surface area contributed by atoms with Gasteiger partial charge in [0.25, 0.3) is 0 Å². The largest absolute Gasteiger partial charge is 0.310 e. The van der Waals surface area contributed by atoms with Crippen LogP contribution in [0, 0.1) is 12.8 Å². The maximum Gasteiger partial charge on any atom is 0.0352 e. The van der Waals surface area contributed by atoms with E-state index in [1.54, 1.807) is 0 Å². The number of aryl methyl sites for hydroxylation is 1. The van der Waals surface area contributed by atoms with Crippen LogP contribution in [0.15, 0.2) is 24.5 Å². The highest BCUT2D eigenvalue weighted by Crippen LogP contribution is 2.35. The minimum Gasteiger partial charge on any atom is -0.310 e. The number of rotatable bonds is 1. The summed E-state index contributed by atoms with van der Waals surface area (Å²) in [6.45, 7) is 3.28. The predicted octanol–water partition coefficient (Wildman–Crippen LogP) is 2.55. The molecular formula is C14H18N2. The molecule has 2 nitrogen and oxygen atoms in total. The van der Waals surface area contributed by atoms with E-state index in [2.05, 4.69) is 29.4 Å². The van der Waals surface area contributed by atoms with Gasteiger partial charge in [-0.2, -0.15) is 0 Å². The summed E-state index contributed by atoms with van der Waals surface area (Å²) in [5, 5.41) is 3.63. The molecule has 3 rings (SSSR count). The Morgan fingerprint density at radius 1 is 1.31 bits per heavy atom. The third-order valence-electron chi connectivity index (χ3n) is 3.80. The van der Waals surface area contributed by atoms with E-state index in [4.69, 9.17) is 0 Å². The van der Waals surface area contributed by atoms with Crippen LogP contribution in [0.25, 0.3) is 5.57 Å². The molecule has 84 valence electrons. The number of allylic oxidation sites excluding steroid dienone is 1. The molecule has 2 atom stereocenters. The molecule has 2 unspecified atom stereocenters. The normalized spacial score (nSPS) is 28.7. The molecule has 1 aliphatic carbocycles. The van der Waals surface area contributed by atoms with Gasteiger partial charge in [0.15, 0.2) is 0 Å². The molecule has 1 N–H and O–H groups in total. The molecule has 0 radical (unpaired) electrons. The first-order valence-corrected chi connectivity index (χ1v) is 6.20. The highest BCUT2D eigenvalue weighted by Gasteiger charge is 2.32. The van der Waals surface area contributed by atoms with Crippen molar-refractivity contribution < 1.29 is 0 Å². The van der Waals surface area contributed by atoms with Crippen LogP contribution in [0.2, 0.25) is 0 Å². The lowest BCUT2D eigenvalue weighted by Crippen LogP contribution is -2.30. The van der Waals surface area contributed by atoms with Crippen LogP contribution in [0.5, 0.6) is 0 Å². The zero-order chi connectivity index (χ0) is 11.0. The summed E-state index contributed by atoms with van der Waals surface area (Å²) < 4.78 is 0. The Labute approximate surface area is 96.8 Å². The van der Waals surface area contributed by atoms with Crippen LogP contribution < -0.4 is 5.32 Å². The maximum absolute atomic E-state index is 4.30. The molecule has 0 bridgehead atoms. The lowest BCUT2D eigenvalue weighted by Gasteiger charge is -2.27. The number of fused-ring (bicyclic) bond motifs is 1. The molecule has 1 aromatic heterocycles. The average Bonchev–Trinajstić information content (AvgIpc) is 2.76. The first kappa shape index (κ1) is 10.0. The molecule has 0 spiro atoms. The van der Waals surface area contributed by atoms with Crippen LogP contribution in [0.1, 0.15) is 30.4 Å². The van der Waals surface area contributed by atoms with Gasteiger partial charge in [-0.15, -0.1) is 0 Å². The van der Waals surface area contributed by atoms with Crippen molar-refractivity contribution in [3.8, 4) is 0 Å². The third kappa shape index (κ3) is 1.67. The molecule has 2 aliphatic rings. The summed E-state index contributed by atoms with van der Waals surface area (Å²) in [5.74, 6) is 0.848. The molecule has 1 saturated heterocycles. The summed E-state index contributed by atoms with van der Waals surface area (Å²) in [7, 11) is 0. The van der Waals surface area contributed by atoms with Crippen molar-refractivity contribution in [1.29, 1.82) is 0 Å². The van der Waals surface area contributed by atoms with Crippen molar-refractivity contribution in [3.63, 3.8) is 0 Å². The summed E-state index contributed by atoms with van der Waals surface area (Å²) >= 11 is 0. The standard InChI is InChI=1S/C14H18N2/c1-10-7-12(9-15-8-10)13-4-2-3-11-5-6-16-14(11)13/h4,7-9,11,14,16H,2-3,5-6H2,1H3. The van der Waals surface area contributed by atoms with E-state index < -0.39 is 0 Å². The van der Waals surface area contributed by atoms with Gasteiger partial charge in [0.05, 0.1) is 0 Å². The van der Waals surface area contributed by atoms with Gasteiger partial charge in [-0.25, -0.2) is 0 Å². The Morgan fingerprint density at radius 3 is 3.12 bits per heavy atom. The number of pyridine rings is 1. The van der Waals surface area contributed by atoms with Gasteiger partial charge in [-0.05, 0) is 61.4 Å². The number of nitrogens with zero attached hydrogens (tertiary/aromatic N) is 1. The van der Waals surface area contributed by atoms with E-state index in [9.17, 15) is 0 Å². The van der Waals surface area contributed by atoms with Gasteiger partial charge in [-0.3, -0.25) is 4.98 Å². The Hall–Kier alpha value is -1.15. The van der Waals surface area contributed by atoms with Crippen LogP contribution in [-0.4, -0.2) is 17.6 Å². The van der Waals surface area contributed by atoms with Crippen molar-refractivity contribution in [2.24, 2.45) is 5.92 Å². The van der Waals surface area contributed by atoms with E-state index in [1.807, 2.05) is 12.4 Å². The second kappa shape index (κ2) is 4.02. The van der Waals surface area contributed by atoms with Gasteiger partial charge in [0.1, 0.15) is 0 Å². The van der Waals surface area contributed by atoms with Gasteiger partial charge in [0.2, 0.25) is 0 Å². The van der Waals surface area contributed by atoms with E-state index in [-0.39, 0.29) is 0 Å². The van der Waals surface area contributed by atoms with E-state index in [1.165, 1.54) is 42.5 Å². The second-order valence-electron chi connectivity index (χ2n) is 4.97. The first-order valence-electron chi connectivity index (χ1n) is 6.20. The summed E-state index contributed by atoms with van der Waals surface area (Å²) in [4.78, 5) is 4.30. The van der Waals surface area contributed by atoms with Gasteiger partial charge in [-0.1, -0.05) is 6.08 Å². The maximum atomic E-state index is 4.30.